The highest BCUT2D eigenvalue weighted by atomic mass is 16.6. The number of nitro groups is 1. The van der Waals surface area contributed by atoms with Gasteiger partial charge in [-0.15, -0.1) is 0 Å². The molecule has 0 fully saturated rings. The first-order chi connectivity index (χ1) is 14.5. The van der Waals surface area contributed by atoms with Crippen LogP contribution in [0.25, 0.3) is 22.5 Å². The van der Waals surface area contributed by atoms with E-state index in [1.807, 2.05) is 12.2 Å². The number of allylic oxidation sites excluding steroid dienone is 2. The topological polar surface area (TPSA) is 121 Å². The fraction of sp³-hybridized carbons (Fsp3) is 0.348. The smallest absolute Gasteiger partial charge is 0.270 e. The van der Waals surface area contributed by atoms with Crippen molar-refractivity contribution in [3.05, 3.63) is 69.0 Å². The third-order valence-corrected chi connectivity index (χ3v) is 5.79. The predicted octanol–water partition coefficient (Wildman–Crippen LogP) is 4.46. The van der Waals surface area contributed by atoms with Crippen molar-refractivity contribution in [1.29, 1.82) is 0 Å². The molecule has 0 saturated heterocycles. The number of hydroxylamine groups is 2. The summed E-state index contributed by atoms with van der Waals surface area (Å²) in [5.74, 6) is 0. The normalized spacial score (nSPS) is 18.3. The van der Waals surface area contributed by atoms with Crippen molar-refractivity contribution in [3.8, 4) is 11.1 Å². The third-order valence-electron chi connectivity index (χ3n) is 5.79. The maximum absolute atomic E-state index is 11.4. The molecule has 0 atom stereocenters. The zero-order valence-electron chi connectivity index (χ0n) is 18.0. The Hall–Kier alpha value is -3.23. The summed E-state index contributed by atoms with van der Waals surface area (Å²) < 4.78 is 0. The molecular weight excluding hydrogens is 396 g/mol. The van der Waals surface area contributed by atoms with E-state index in [2.05, 4.69) is 38.7 Å². The number of benzene rings is 1. The van der Waals surface area contributed by atoms with Gasteiger partial charge in [-0.1, -0.05) is 52.0 Å². The summed E-state index contributed by atoms with van der Waals surface area (Å²) in [6.45, 7) is 8.25. The predicted molar refractivity (Wildman–Crippen MR) is 117 cm³/mol. The highest BCUT2D eigenvalue weighted by Gasteiger charge is 2.36. The molecule has 0 bridgehead atoms. The first-order valence-electron chi connectivity index (χ1n) is 10.1. The number of hydrogen-bond donors (Lipinski definition) is 4. The van der Waals surface area contributed by atoms with Crippen LogP contribution in [0.1, 0.15) is 50.2 Å². The van der Waals surface area contributed by atoms with Crippen molar-refractivity contribution in [2.24, 2.45) is 10.8 Å². The number of hydrogen-bond acceptors (Lipinski definition) is 7. The van der Waals surface area contributed by atoms with Gasteiger partial charge in [-0.05, 0) is 29.2 Å². The Morgan fingerprint density at radius 2 is 1.45 bits per heavy atom. The molecule has 4 N–H and O–H groups in total. The second-order valence-electron chi connectivity index (χ2n) is 9.61. The number of nitro benzene ring substituents is 1. The summed E-state index contributed by atoms with van der Waals surface area (Å²) in [6, 6.07) is 6.39. The largest absolute Gasteiger partial charge is 0.291 e. The van der Waals surface area contributed by atoms with Crippen molar-refractivity contribution >= 4 is 17.1 Å². The molecule has 2 aromatic rings. The van der Waals surface area contributed by atoms with Crippen LogP contribution in [-0.4, -0.2) is 20.3 Å². The van der Waals surface area contributed by atoms with Crippen molar-refractivity contribution < 1.29 is 15.3 Å². The maximum atomic E-state index is 11.4. The number of aromatic nitrogens is 1. The van der Waals surface area contributed by atoms with E-state index in [0.717, 1.165) is 11.4 Å². The molecule has 8 nitrogen and oxygen atoms in total. The minimum absolute atomic E-state index is 0.0333. The Labute approximate surface area is 180 Å². The summed E-state index contributed by atoms with van der Waals surface area (Å²) in [7, 11) is 0. The number of nitrogens with zero attached hydrogens (tertiary/aromatic N) is 2. The minimum Gasteiger partial charge on any atom is -0.291 e. The van der Waals surface area contributed by atoms with E-state index < -0.39 is 4.92 Å². The Bertz CT molecular complexity index is 1090. The molecular formula is C23H26N4O4. The van der Waals surface area contributed by atoms with Gasteiger partial charge >= 0.3 is 0 Å². The first kappa shape index (κ1) is 21.0. The summed E-state index contributed by atoms with van der Waals surface area (Å²) >= 11 is 0. The molecule has 2 aliphatic rings. The van der Waals surface area contributed by atoms with Gasteiger partial charge in [0, 0.05) is 28.8 Å². The van der Waals surface area contributed by atoms with Crippen LogP contribution in [0.2, 0.25) is 0 Å². The Morgan fingerprint density at radius 3 is 1.90 bits per heavy atom. The van der Waals surface area contributed by atoms with Crippen molar-refractivity contribution in [1.82, 2.24) is 15.9 Å². The number of pyridine rings is 1. The molecule has 4 rings (SSSR count). The average molecular weight is 422 g/mol. The zero-order valence-corrected chi connectivity index (χ0v) is 18.0. The summed E-state index contributed by atoms with van der Waals surface area (Å²) in [6.07, 6.45) is 5.17. The monoisotopic (exact) mass is 422 g/mol. The first-order valence-corrected chi connectivity index (χ1v) is 10.1. The standard InChI is InChI=1S/C23H26N4O4/c1-22(2)9-15-20(17(11-22)25-28)19(13-6-5-7-14(8-13)27(30)31)21-16(24-15)10-23(3,4)12-18(21)26-29/h5-8,11-12,25-26,28-29H,9-10H2,1-4H3. The van der Waals surface area contributed by atoms with Crippen molar-refractivity contribution in [2.75, 3.05) is 0 Å². The van der Waals surface area contributed by atoms with Crippen LogP contribution >= 0.6 is 0 Å². The van der Waals surface area contributed by atoms with E-state index in [1.165, 1.54) is 12.1 Å². The molecule has 1 aromatic carbocycles. The molecule has 1 heterocycles. The molecule has 31 heavy (non-hydrogen) atoms. The van der Waals surface area contributed by atoms with E-state index in [1.54, 1.807) is 12.1 Å². The number of rotatable bonds is 4. The van der Waals surface area contributed by atoms with Gasteiger partial charge in [0.25, 0.3) is 5.69 Å². The SMILES string of the molecule is CC1(C)C=C(NO)c2c(nc3c(c2-c2cccc([N+](=O)[O-])c2)C(NO)=CC(C)(C)C3)C1. The van der Waals surface area contributed by atoms with Gasteiger partial charge in [0.15, 0.2) is 0 Å². The van der Waals surface area contributed by atoms with Crippen LogP contribution in [0.15, 0.2) is 36.4 Å². The van der Waals surface area contributed by atoms with E-state index in [9.17, 15) is 20.5 Å². The van der Waals surface area contributed by atoms with Gasteiger partial charge in [-0.25, -0.2) is 0 Å². The minimum atomic E-state index is -0.433. The quantitative estimate of drug-likeness (QED) is 0.424. The Kier molecular flexibility index (Phi) is 4.87. The average Bonchev–Trinajstić information content (AvgIpc) is 2.69. The van der Waals surface area contributed by atoms with Gasteiger partial charge in [0.1, 0.15) is 0 Å². The maximum Gasteiger partial charge on any atom is 0.270 e. The highest BCUT2D eigenvalue weighted by molar-refractivity contribution is 5.92. The van der Waals surface area contributed by atoms with Crippen LogP contribution in [-0.2, 0) is 12.8 Å². The van der Waals surface area contributed by atoms with E-state index in [-0.39, 0.29) is 16.5 Å². The lowest BCUT2D eigenvalue weighted by Gasteiger charge is -2.35. The molecule has 0 saturated carbocycles. The molecule has 2 aliphatic carbocycles. The van der Waals surface area contributed by atoms with E-state index in [0.29, 0.717) is 46.5 Å². The van der Waals surface area contributed by atoms with E-state index >= 15 is 0 Å². The molecule has 0 aliphatic heterocycles. The van der Waals surface area contributed by atoms with Crippen LogP contribution in [0, 0.1) is 20.9 Å². The fourth-order valence-corrected chi connectivity index (χ4v) is 4.66. The van der Waals surface area contributed by atoms with Crippen molar-refractivity contribution in [3.63, 3.8) is 0 Å². The molecule has 8 heteroatoms. The van der Waals surface area contributed by atoms with E-state index in [4.69, 9.17) is 4.98 Å². The zero-order chi connectivity index (χ0) is 22.6. The molecule has 0 unspecified atom stereocenters. The molecule has 0 amide bonds. The van der Waals surface area contributed by atoms with Gasteiger partial charge < -0.3 is 0 Å². The third kappa shape index (κ3) is 3.68. The lowest BCUT2D eigenvalue weighted by Crippen LogP contribution is -2.29. The van der Waals surface area contributed by atoms with Gasteiger partial charge in [0.05, 0.1) is 27.7 Å². The van der Waals surface area contributed by atoms with Crippen molar-refractivity contribution in [2.45, 2.75) is 40.5 Å². The summed E-state index contributed by atoms with van der Waals surface area (Å²) in [4.78, 5) is 16.0. The Morgan fingerprint density at radius 1 is 0.935 bits per heavy atom. The second kappa shape index (κ2) is 7.18. The molecule has 0 spiro atoms. The molecule has 162 valence electrons. The van der Waals surface area contributed by atoms with Crippen LogP contribution in [0.3, 0.4) is 0 Å². The number of fused-ring (bicyclic) bond motifs is 2. The lowest BCUT2D eigenvalue weighted by molar-refractivity contribution is -0.384. The highest BCUT2D eigenvalue weighted by Crippen LogP contribution is 2.47. The summed E-state index contributed by atoms with van der Waals surface area (Å²) in [5, 5.41) is 31.4. The molecule has 0 radical (unpaired) electrons. The number of nitrogens with one attached hydrogen (secondary N) is 2. The van der Waals surface area contributed by atoms with Gasteiger partial charge in [-0.2, -0.15) is 0 Å². The summed E-state index contributed by atoms with van der Waals surface area (Å²) in [5.41, 5.74) is 9.36. The number of non-ortho nitro benzene ring substituents is 1. The van der Waals surface area contributed by atoms with Crippen LogP contribution < -0.4 is 11.0 Å². The van der Waals surface area contributed by atoms with Gasteiger partial charge in [-0.3, -0.25) is 36.5 Å². The Balaban J connectivity index is 2.12. The van der Waals surface area contributed by atoms with Crippen LogP contribution in [0.5, 0.6) is 0 Å². The van der Waals surface area contributed by atoms with Crippen LogP contribution in [0.4, 0.5) is 5.69 Å². The van der Waals surface area contributed by atoms with Gasteiger partial charge in [0.2, 0.25) is 0 Å². The molecule has 1 aromatic heterocycles. The second-order valence-corrected chi connectivity index (χ2v) is 9.61. The fourth-order valence-electron chi connectivity index (χ4n) is 4.66. The lowest BCUT2D eigenvalue weighted by atomic mass is 9.73.